The third-order valence-electron chi connectivity index (χ3n) is 4.48. The third-order valence-corrected chi connectivity index (χ3v) is 5.70. The number of aromatic nitrogens is 1. The molecule has 1 fully saturated rings. The number of hydrogen-bond donors (Lipinski definition) is 0. The van der Waals surface area contributed by atoms with E-state index in [-0.39, 0.29) is 5.91 Å². The molecule has 0 unspecified atom stereocenters. The van der Waals surface area contributed by atoms with E-state index in [1.54, 1.807) is 18.4 Å². The minimum Gasteiger partial charge on any atom is -0.381 e. The van der Waals surface area contributed by atoms with Gasteiger partial charge in [-0.15, -0.1) is 11.3 Å². The maximum atomic E-state index is 13.0. The van der Waals surface area contributed by atoms with Crippen molar-refractivity contribution in [2.75, 3.05) is 20.2 Å². The van der Waals surface area contributed by atoms with E-state index >= 15 is 0 Å². The minimum atomic E-state index is 0.153. The molecule has 1 amide bonds. The first-order chi connectivity index (χ1) is 10.6. The van der Waals surface area contributed by atoms with Crippen LogP contribution in [0.15, 0.2) is 24.5 Å². The Morgan fingerprint density at radius 2 is 1.86 bits per heavy atom. The number of piperidine rings is 1. The van der Waals surface area contributed by atoms with Crippen LogP contribution in [0.3, 0.4) is 0 Å². The first kappa shape index (κ1) is 15.3. The van der Waals surface area contributed by atoms with Gasteiger partial charge in [0.15, 0.2) is 0 Å². The molecular formula is C17H22N2O2S. The average molecular weight is 318 g/mol. The van der Waals surface area contributed by atoms with Gasteiger partial charge in [0, 0.05) is 37.5 Å². The maximum absolute atomic E-state index is 13.0. The highest BCUT2D eigenvalue weighted by Crippen LogP contribution is 2.32. The van der Waals surface area contributed by atoms with Gasteiger partial charge in [-0.2, -0.15) is 0 Å². The lowest BCUT2D eigenvalue weighted by Gasteiger charge is -2.31. The van der Waals surface area contributed by atoms with E-state index < -0.39 is 0 Å². The molecule has 0 saturated carbocycles. The van der Waals surface area contributed by atoms with Crippen molar-refractivity contribution >= 4 is 17.2 Å². The Morgan fingerprint density at radius 3 is 2.45 bits per heavy atom. The molecular weight excluding hydrogens is 296 g/mol. The second-order valence-corrected chi connectivity index (χ2v) is 6.98. The van der Waals surface area contributed by atoms with E-state index in [9.17, 15) is 4.79 Å². The predicted octanol–water partition coefficient (Wildman–Crippen LogP) is 3.41. The van der Waals surface area contributed by atoms with Crippen molar-refractivity contribution in [3.05, 3.63) is 40.5 Å². The summed E-state index contributed by atoms with van der Waals surface area (Å²) in [5.41, 5.74) is 1.96. The zero-order chi connectivity index (χ0) is 15.7. The predicted molar refractivity (Wildman–Crippen MR) is 89.1 cm³/mol. The summed E-state index contributed by atoms with van der Waals surface area (Å²) in [4.78, 5) is 16.2. The molecule has 1 aliphatic rings. The van der Waals surface area contributed by atoms with E-state index in [1.807, 2.05) is 40.9 Å². The number of aryl methyl sites for hydroxylation is 1. The average Bonchev–Trinajstić information content (AvgIpc) is 3.16. The number of thiophene rings is 1. The summed E-state index contributed by atoms with van der Waals surface area (Å²) in [6.07, 6.45) is 6.13. The number of hydrogen-bond acceptors (Lipinski definition) is 3. The van der Waals surface area contributed by atoms with Crippen LogP contribution in [-0.4, -0.2) is 41.7 Å². The van der Waals surface area contributed by atoms with Gasteiger partial charge in [0.2, 0.25) is 0 Å². The van der Waals surface area contributed by atoms with Gasteiger partial charge in [-0.1, -0.05) is 0 Å². The molecule has 0 aliphatic carbocycles. The largest absolute Gasteiger partial charge is 0.381 e. The molecule has 2 aromatic rings. The summed E-state index contributed by atoms with van der Waals surface area (Å²) in [7, 11) is 1.75. The van der Waals surface area contributed by atoms with Gasteiger partial charge in [-0.05, 0) is 44.4 Å². The molecule has 1 aliphatic heterocycles. The first-order valence-electron chi connectivity index (χ1n) is 7.67. The van der Waals surface area contributed by atoms with Gasteiger partial charge in [0.1, 0.15) is 5.00 Å². The fourth-order valence-electron chi connectivity index (χ4n) is 2.97. The Morgan fingerprint density at radius 1 is 1.23 bits per heavy atom. The van der Waals surface area contributed by atoms with Crippen molar-refractivity contribution in [2.24, 2.45) is 0 Å². The molecule has 3 heterocycles. The normalized spacial score (nSPS) is 16.2. The summed E-state index contributed by atoms with van der Waals surface area (Å²) >= 11 is 1.69. The molecule has 5 heteroatoms. The Balaban J connectivity index is 1.90. The highest BCUT2D eigenvalue weighted by molar-refractivity contribution is 7.15. The summed E-state index contributed by atoms with van der Waals surface area (Å²) in [6.45, 7) is 5.68. The molecule has 3 rings (SSSR count). The summed E-state index contributed by atoms with van der Waals surface area (Å²) in [6, 6.07) is 3.98. The van der Waals surface area contributed by atoms with Gasteiger partial charge in [0.05, 0.1) is 11.7 Å². The van der Waals surface area contributed by atoms with Crippen molar-refractivity contribution < 1.29 is 9.53 Å². The molecule has 118 valence electrons. The van der Waals surface area contributed by atoms with Crippen LogP contribution in [0.25, 0.3) is 5.00 Å². The zero-order valence-electron chi connectivity index (χ0n) is 13.3. The van der Waals surface area contributed by atoms with Gasteiger partial charge in [-0.3, -0.25) is 4.79 Å². The van der Waals surface area contributed by atoms with Crippen molar-refractivity contribution in [3.63, 3.8) is 0 Å². The molecule has 0 bridgehead atoms. The molecule has 0 radical (unpaired) electrons. The fourth-order valence-corrected chi connectivity index (χ4v) is 4.08. The van der Waals surface area contributed by atoms with Crippen LogP contribution in [0, 0.1) is 13.8 Å². The molecule has 0 N–H and O–H groups in total. The quantitative estimate of drug-likeness (QED) is 0.869. The number of carbonyl (C=O) groups is 1. The van der Waals surface area contributed by atoms with Crippen molar-refractivity contribution in [1.82, 2.24) is 9.47 Å². The van der Waals surface area contributed by atoms with Gasteiger partial charge >= 0.3 is 0 Å². The second-order valence-electron chi connectivity index (χ2n) is 5.78. The lowest BCUT2D eigenvalue weighted by Crippen LogP contribution is -2.41. The SMILES string of the molecule is COC1CCN(C(=O)c2c(-n3cccc3)sc(C)c2C)CC1. The Kier molecular flexibility index (Phi) is 4.36. The molecule has 4 nitrogen and oxygen atoms in total. The lowest BCUT2D eigenvalue weighted by atomic mass is 10.1. The summed E-state index contributed by atoms with van der Waals surface area (Å²) < 4.78 is 7.44. The van der Waals surface area contributed by atoms with Crippen LogP contribution >= 0.6 is 11.3 Å². The standard InChI is InChI=1S/C17H22N2O2S/c1-12-13(2)22-17(19-8-4-5-9-19)15(12)16(20)18-10-6-14(21-3)7-11-18/h4-5,8-9,14H,6-7,10-11H2,1-3H3. The number of ether oxygens (including phenoxy) is 1. The number of nitrogens with zero attached hydrogens (tertiary/aromatic N) is 2. The van der Waals surface area contributed by atoms with Crippen LogP contribution < -0.4 is 0 Å². The highest BCUT2D eigenvalue weighted by atomic mass is 32.1. The van der Waals surface area contributed by atoms with E-state index in [4.69, 9.17) is 4.74 Å². The van der Waals surface area contributed by atoms with Crippen LogP contribution in [0.2, 0.25) is 0 Å². The van der Waals surface area contributed by atoms with E-state index in [0.29, 0.717) is 6.10 Å². The summed E-state index contributed by atoms with van der Waals surface area (Å²) in [5.74, 6) is 0.153. The zero-order valence-corrected chi connectivity index (χ0v) is 14.2. The number of amides is 1. The van der Waals surface area contributed by atoms with Crippen molar-refractivity contribution in [3.8, 4) is 5.00 Å². The maximum Gasteiger partial charge on any atom is 0.257 e. The molecule has 0 atom stereocenters. The molecule has 22 heavy (non-hydrogen) atoms. The highest BCUT2D eigenvalue weighted by Gasteiger charge is 2.28. The number of rotatable bonds is 3. The van der Waals surface area contributed by atoms with Gasteiger partial charge < -0.3 is 14.2 Å². The van der Waals surface area contributed by atoms with Crippen LogP contribution in [0.1, 0.15) is 33.6 Å². The monoisotopic (exact) mass is 318 g/mol. The third kappa shape index (κ3) is 2.71. The van der Waals surface area contributed by atoms with E-state index in [0.717, 1.165) is 42.1 Å². The van der Waals surface area contributed by atoms with Crippen molar-refractivity contribution in [2.45, 2.75) is 32.8 Å². The number of methoxy groups -OCH3 is 1. The number of carbonyl (C=O) groups excluding carboxylic acids is 1. The van der Waals surface area contributed by atoms with Crippen LogP contribution in [0.5, 0.6) is 0 Å². The van der Waals surface area contributed by atoms with Gasteiger partial charge in [-0.25, -0.2) is 0 Å². The Labute approximate surface area is 135 Å². The van der Waals surface area contributed by atoms with Crippen LogP contribution in [-0.2, 0) is 4.74 Å². The van der Waals surface area contributed by atoms with E-state index in [1.165, 1.54) is 4.88 Å². The molecule has 1 saturated heterocycles. The first-order valence-corrected chi connectivity index (χ1v) is 8.49. The van der Waals surface area contributed by atoms with Gasteiger partial charge in [0.25, 0.3) is 5.91 Å². The second kappa shape index (κ2) is 6.26. The fraction of sp³-hybridized carbons (Fsp3) is 0.471. The Bertz CT molecular complexity index is 653. The number of likely N-dealkylation sites (tertiary alicyclic amines) is 1. The summed E-state index contributed by atoms with van der Waals surface area (Å²) in [5, 5.41) is 1.03. The van der Waals surface area contributed by atoms with Crippen LogP contribution in [0.4, 0.5) is 0 Å². The molecule has 2 aromatic heterocycles. The Hall–Kier alpha value is -1.59. The topological polar surface area (TPSA) is 34.5 Å². The minimum absolute atomic E-state index is 0.153. The smallest absolute Gasteiger partial charge is 0.257 e. The molecule has 0 spiro atoms. The lowest BCUT2D eigenvalue weighted by molar-refractivity contribution is 0.0350. The molecule has 0 aromatic carbocycles. The van der Waals surface area contributed by atoms with Crippen molar-refractivity contribution in [1.29, 1.82) is 0 Å². The van der Waals surface area contributed by atoms with E-state index in [2.05, 4.69) is 6.92 Å².